The van der Waals surface area contributed by atoms with Crippen molar-refractivity contribution in [1.29, 1.82) is 0 Å². The average Bonchev–Trinajstić information content (AvgIpc) is 2.49. The van der Waals surface area contributed by atoms with Crippen molar-refractivity contribution < 1.29 is 19.4 Å². The summed E-state index contributed by atoms with van der Waals surface area (Å²) in [6.07, 6.45) is 6.52. The third-order valence-electron chi connectivity index (χ3n) is 3.44. The highest BCUT2D eigenvalue weighted by atomic mass is 16.5. The maximum Gasteiger partial charge on any atom is 0.303 e. The molecule has 0 aliphatic heterocycles. The number of aliphatic carboxylic acids is 1. The molecule has 0 radical (unpaired) electrons. The van der Waals surface area contributed by atoms with Gasteiger partial charge in [-0.3, -0.25) is 9.59 Å². The van der Waals surface area contributed by atoms with Crippen molar-refractivity contribution in [1.82, 2.24) is 0 Å². The molecule has 4 heteroatoms. The Morgan fingerprint density at radius 2 is 1.62 bits per heavy atom. The van der Waals surface area contributed by atoms with Gasteiger partial charge in [0.1, 0.15) is 5.75 Å². The van der Waals surface area contributed by atoms with Gasteiger partial charge in [0.05, 0.1) is 7.11 Å². The smallest absolute Gasteiger partial charge is 0.303 e. The first-order chi connectivity index (χ1) is 10.1. The largest absolute Gasteiger partial charge is 0.497 e. The number of benzene rings is 1. The minimum atomic E-state index is -0.723. The molecule has 0 amide bonds. The second-order valence-corrected chi connectivity index (χ2v) is 5.17. The van der Waals surface area contributed by atoms with E-state index >= 15 is 0 Å². The van der Waals surface area contributed by atoms with Crippen LogP contribution in [0.25, 0.3) is 0 Å². The van der Waals surface area contributed by atoms with E-state index in [0.29, 0.717) is 17.7 Å². The van der Waals surface area contributed by atoms with E-state index in [-0.39, 0.29) is 12.2 Å². The zero-order valence-electron chi connectivity index (χ0n) is 12.6. The molecule has 0 fully saturated rings. The Kier molecular flexibility index (Phi) is 8.17. The number of unbranched alkanes of at least 4 members (excludes halogenated alkanes) is 5. The summed E-state index contributed by atoms with van der Waals surface area (Å²) in [5.41, 5.74) is 0.704. The lowest BCUT2D eigenvalue weighted by molar-refractivity contribution is -0.137. The molecule has 1 aromatic carbocycles. The molecule has 1 rings (SSSR count). The number of hydrogen-bond donors (Lipinski definition) is 1. The summed E-state index contributed by atoms with van der Waals surface area (Å²) in [5.74, 6) is 0.137. The number of carbonyl (C=O) groups excluding carboxylic acids is 1. The van der Waals surface area contributed by atoms with Crippen molar-refractivity contribution in [2.24, 2.45) is 0 Å². The SMILES string of the molecule is COc1cccc(C(=O)CCCCCCCCC(=O)O)c1. The lowest BCUT2D eigenvalue weighted by atomic mass is 10.0. The maximum absolute atomic E-state index is 12.0. The molecule has 21 heavy (non-hydrogen) atoms. The van der Waals surface area contributed by atoms with Crippen LogP contribution in [0.4, 0.5) is 0 Å². The van der Waals surface area contributed by atoms with Crippen LogP contribution in [0.15, 0.2) is 24.3 Å². The van der Waals surface area contributed by atoms with E-state index in [1.54, 1.807) is 13.2 Å². The summed E-state index contributed by atoms with van der Waals surface area (Å²) in [4.78, 5) is 22.3. The molecule has 4 nitrogen and oxygen atoms in total. The molecular formula is C17H24O4. The first-order valence-electron chi connectivity index (χ1n) is 7.52. The number of rotatable bonds is 11. The van der Waals surface area contributed by atoms with Crippen molar-refractivity contribution in [2.75, 3.05) is 7.11 Å². The van der Waals surface area contributed by atoms with Crippen molar-refractivity contribution in [3.8, 4) is 5.75 Å². The number of ether oxygens (including phenoxy) is 1. The Morgan fingerprint density at radius 3 is 2.24 bits per heavy atom. The van der Waals surface area contributed by atoms with Crippen LogP contribution in [0, 0.1) is 0 Å². The van der Waals surface area contributed by atoms with Gasteiger partial charge in [-0.2, -0.15) is 0 Å². The third kappa shape index (κ3) is 7.49. The van der Waals surface area contributed by atoms with Gasteiger partial charge in [0.15, 0.2) is 5.78 Å². The lowest BCUT2D eigenvalue weighted by Gasteiger charge is -2.04. The van der Waals surface area contributed by atoms with Crippen LogP contribution in [-0.2, 0) is 4.79 Å². The third-order valence-corrected chi connectivity index (χ3v) is 3.44. The Balaban J connectivity index is 2.12. The van der Waals surface area contributed by atoms with Crippen molar-refractivity contribution in [3.63, 3.8) is 0 Å². The topological polar surface area (TPSA) is 63.6 Å². The molecule has 116 valence electrons. The molecule has 0 aliphatic rings. The van der Waals surface area contributed by atoms with E-state index in [4.69, 9.17) is 9.84 Å². The van der Waals surface area contributed by atoms with Gasteiger partial charge in [0.2, 0.25) is 0 Å². The molecule has 0 bridgehead atoms. The van der Waals surface area contributed by atoms with Crippen LogP contribution in [-0.4, -0.2) is 24.0 Å². The standard InChI is InChI=1S/C17H24O4/c1-21-15-10-8-9-14(13-15)16(18)11-6-4-2-3-5-7-12-17(19)20/h8-10,13H,2-7,11-12H2,1H3,(H,19,20). The minimum Gasteiger partial charge on any atom is -0.497 e. The summed E-state index contributed by atoms with van der Waals surface area (Å²) in [5, 5.41) is 8.51. The fourth-order valence-electron chi connectivity index (χ4n) is 2.21. The lowest BCUT2D eigenvalue weighted by Crippen LogP contribution is -1.99. The Morgan fingerprint density at radius 1 is 1.00 bits per heavy atom. The van der Waals surface area contributed by atoms with Crippen molar-refractivity contribution in [3.05, 3.63) is 29.8 Å². The molecule has 0 aliphatic carbocycles. The van der Waals surface area contributed by atoms with E-state index in [2.05, 4.69) is 0 Å². The van der Waals surface area contributed by atoms with Gasteiger partial charge in [0, 0.05) is 18.4 Å². The van der Waals surface area contributed by atoms with Crippen LogP contribution in [0.2, 0.25) is 0 Å². The zero-order chi connectivity index (χ0) is 15.5. The van der Waals surface area contributed by atoms with Gasteiger partial charge in [-0.1, -0.05) is 37.8 Å². The van der Waals surface area contributed by atoms with Gasteiger partial charge in [-0.25, -0.2) is 0 Å². The summed E-state index contributed by atoms with van der Waals surface area (Å²) in [6.45, 7) is 0. The molecule has 0 heterocycles. The molecule has 0 atom stereocenters. The van der Waals surface area contributed by atoms with Gasteiger partial charge < -0.3 is 9.84 Å². The van der Waals surface area contributed by atoms with Crippen LogP contribution in [0.5, 0.6) is 5.75 Å². The Hall–Kier alpha value is -1.84. The van der Waals surface area contributed by atoms with Crippen molar-refractivity contribution >= 4 is 11.8 Å². The van der Waals surface area contributed by atoms with Gasteiger partial charge >= 0.3 is 5.97 Å². The molecule has 1 aromatic rings. The average molecular weight is 292 g/mol. The summed E-state index contributed by atoms with van der Waals surface area (Å²) in [6, 6.07) is 7.24. The monoisotopic (exact) mass is 292 g/mol. The molecule has 0 aromatic heterocycles. The van der Waals surface area contributed by atoms with Crippen LogP contribution >= 0.6 is 0 Å². The first kappa shape index (κ1) is 17.2. The molecule has 0 unspecified atom stereocenters. The summed E-state index contributed by atoms with van der Waals surface area (Å²) < 4.78 is 5.11. The first-order valence-corrected chi connectivity index (χ1v) is 7.52. The second-order valence-electron chi connectivity index (χ2n) is 5.17. The van der Waals surface area contributed by atoms with Gasteiger partial charge in [-0.05, 0) is 25.0 Å². The minimum absolute atomic E-state index is 0.153. The molecule has 0 saturated carbocycles. The van der Waals surface area contributed by atoms with E-state index in [1.807, 2.05) is 18.2 Å². The highest BCUT2D eigenvalue weighted by Crippen LogP contribution is 2.16. The number of ketones is 1. The normalized spacial score (nSPS) is 10.3. The quantitative estimate of drug-likeness (QED) is 0.493. The van der Waals surface area contributed by atoms with Gasteiger partial charge in [-0.15, -0.1) is 0 Å². The number of carbonyl (C=O) groups is 2. The molecular weight excluding hydrogens is 268 g/mol. The maximum atomic E-state index is 12.0. The predicted molar refractivity (Wildman–Crippen MR) is 81.9 cm³/mol. The number of Topliss-reactive ketones (excluding diaryl/α,β-unsaturated/α-hetero) is 1. The van der Waals surface area contributed by atoms with Gasteiger partial charge in [0.25, 0.3) is 0 Å². The molecule has 1 N–H and O–H groups in total. The molecule has 0 saturated heterocycles. The van der Waals surface area contributed by atoms with E-state index in [9.17, 15) is 9.59 Å². The fraction of sp³-hybridized carbons (Fsp3) is 0.529. The number of carboxylic acids is 1. The van der Waals surface area contributed by atoms with Crippen LogP contribution in [0.1, 0.15) is 61.7 Å². The number of methoxy groups -OCH3 is 1. The van der Waals surface area contributed by atoms with E-state index in [0.717, 1.165) is 38.5 Å². The van der Waals surface area contributed by atoms with E-state index in [1.165, 1.54) is 0 Å². The predicted octanol–water partition coefficient (Wildman–Crippen LogP) is 4.08. The highest BCUT2D eigenvalue weighted by Gasteiger charge is 2.06. The van der Waals surface area contributed by atoms with Crippen LogP contribution < -0.4 is 4.74 Å². The van der Waals surface area contributed by atoms with E-state index < -0.39 is 5.97 Å². The number of hydrogen-bond acceptors (Lipinski definition) is 3. The van der Waals surface area contributed by atoms with Crippen LogP contribution in [0.3, 0.4) is 0 Å². The Bertz CT molecular complexity index is 454. The van der Waals surface area contributed by atoms with Crippen molar-refractivity contribution in [2.45, 2.75) is 51.4 Å². The number of carboxylic acid groups (broad SMARTS) is 1. The zero-order valence-corrected chi connectivity index (χ0v) is 12.6. The highest BCUT2D eigenvalue weighted by molar-refractivity contribution is 5.96. The fourth-order valence-corrected chi connectivity index (χ4v) is 2.21. The Labute approximate surface area is 126 Å². The second kappa shape index (κ2) is 9.97. The molecule has 0 spiro atoms. The summed E-state index contributed by atoms with van der Waals surface area (Å²) in [7, 11) is 1.59. The summed E-state index contributed by atoms with van der Waals surface area (Å²) >= 11 is 0.